The van der Waals surface area contributed by atoms with E-state index in [0.29, 0.717) is 6.10 Å². The molecule has 1 saturated carbocycles. The van der Waals surface area contributed by atoms with Gasteiger partial charge in [-0.25, -0.2) is 0 Å². The van der Waals surface area contributed by atoms with Crippen LogP contribution in [0.5, 0.6) is 0 Å². The quantitative estimate of drug-likeness (QED) is 0.562. The Kier molecular flexibility index (Phi) is 2.14. The fourth-order valence-electron chi connectivity index (χ4n) is 1.91. The van der Waals surface area contributed by atoms with E-state index in [1.807, 2.05) is 0 Å². The zero-order valence-corrected chi connectivity index (χ0v) is 7.25. The lowest BCUT2D eigenvalue weighted by Gasteiger charge is -2.39. The molecule has 64 valence electrons. The van der Waals surface area contributed by atoms with Gasteiger partial charge in [0, 0.05) is 13.1 Å². The maximum absolute atomic E-state index is 5.71. The minimum absolute atomic E-state index is 0.558. The van der Waals surface area contributed by atoms with Gasteiger partial charge in [0.15, 0.2) is 0 Å². The van der Waals surface area contributed by atoms with E-state index in [0.717, 1.165) is 25.6 Å². The van der Waals surface area contributed by atoms with E-state index in [1.54, 1.807) is 0 Å². The fourth-order valence-corrected chi connectivity index (χ4v) is 1.91. The smallest absolute Gasteiger partial charge is 0.0730 e. The maximum Gasteiger partial charge on any atom is 0.0730 e. The van der Waals surface area contributed by atoms with Crippen LogP contribution in [0, 0.1) is 5.92 Å². The van der Waals surface area contributed by atoms with Crippen LogP contribution in [0.4, 0.5) is 0 Å². The highest BCUT2D eigenvalue weighted by molar-refractivity contribution is 4.82. The molecule has 1 unspecified atom stereocenters. The molecular formula is C9H17NO. The number of rotatable bonds is 1. The van der Waals surface area contributed by atoms with Crippen molar-refractivity contribution in [1.29, 1.82) is 0 Å². The summed E-state index contributed by atoms with van der Waals surface area (Å²) in [5, 5.41) is 0. The largest absolute Gasteiger partial charge is 0.375 e. The van der Waals surface area contributed by atoms with Crippen LogP contribution in [-0.4, -0.2) is 37.7 Å². The van der Waals surface area contributed by atoms with Crippen LogP contribution in [-0.2, 0) is 4.74 Å². The molecule has 1 aliphatic carbocycles. The molecule has 0 aromatic carbocycles. The summed E-state index contributed by atoms with van der Waals surface area (Å²) in [7, 11) is 2.19. The van der Waals surface area contributed by atoms with Crippen LogP contribution in [0.2, 0.25) is 0 Å². The van der Waals surface area contributed by atoms with Crippen molar-refractivity contribution in [3.63, 3.8) is 0 Å². The van der Waals surface area contributed by atoms with E-state index in [9.17, 15) is 0 Å². The van der Waals surface area contributed by atoms with Gasteiger partial charge in [-0.2, -0.15) is 0 Å². The van der Waals surface area contributed by atoms with Gasteiger partial charge in [-0.15, -0.1) is 0 Å². The minimum Gasteiger partial charge on any atom is -0.375 e. The van der Waals surface area contributed by atoms with Gasteiger partial charge in [-0.05, 0) is 25.8 Å². The summed E-state index contributed by atoms with van der Waals surface area (Å²) in [5.74, 6) is 0.887. The molecule has 2 heteroatoms. The van der Waals surface area contributed by atoms with E-state index in [4.69, 9.17) is 4.74 Å². The van der Waals surface area contributed by atoms with Crippen molar-refractivity contribution < 1.29 is 4.74 Å². The second-order valence-corrected chi connectivity index (χ2v) is 3.86. The van der Waals surface area contributed by atoms with E-state index in [1.165, 1.54) is 19.3 Å². The van der Waals surface area contributed by atoms with Crippen molar-refractivity contribution in [2.75, 3.05) is 26.7 Å². The van der Waals surface area contributed by atoms with Crippen molar-refractivity contribution in [3.05, 3.63) is 0 Å². The lowest BCUT2D eigenvalue weighted by atomic mass is 9.80. The summed E-state index contributed by atoms with van der Waals surface area (Å²) in [6.07, 6.45) is 4.79. The predicted molar refractivity (Wildman–Crippen MR) is 44.6 cm³/mol. The van der Waals surface area contributed by atoms with E-state index < -0.39 is 0 Å². The second-order valence-electron chi connectivity index (χ2n) is 3.86. The zero-order valence-electron chi connectivity index (χ0n) is 7.25. The number of hydrogen-bond acceptors (Lipinski definition) is 2. The van der Waals surface area contributed by atoms with Gasteiger partial charge in [0.1, 0.15) is 0 Å². The molecule has 0 spiro atoms. The Morgan fingerprint density at radius 3 is 2.73 bits per heavy atom. The van der Waals surface area contributed by atoms with Crippen molar-refractivity contribution in [3.8, 4) is 0 Å². The summed E-state index contributed by atoms with van der Waals surface area (Å²) >= 11 is 0. The minimum atomic E-state index is 0.558. The van der Waals surface area contributed by atoms with Crippen LogP contribution < -0.4 is 0 Å². The summed E-state index contributed by atoms with van der Waals surface area (Å²) in [4.78, 5) is 2.38. The van der Waals surface area contributed by atoms with Gasteiger partial charge in [0.25, 0.3) is 0 Å². The van der Waals surface area contributed by atoms with Gasteiger partial charge < -0.3 is 9.64 Å². The number of hydrogen-bond donors (Lipinski definition) is 0. The Bertz CT molecular complexity index is 134. The Morgan fingerprint density at radius 2 is 2.18 bits per heavy atom. The average Bonchev–Trinajstić information content (AvgIpc) is 1.83. The predicted octanol–water partition coefficient (Wildman–Crippen LogP) is 1.12. The molecule has 11 heavy (non-hydrogen) atoms. The fraction of sp³-hybridized carbons (Fsp3) is 1.00. The molecule has 0 amide bonds. The van der Waals surface area contributed by atoms with Gasteiger partial charge >= 0.3 is 0 Å². The Labute approximate surface area is 68.5 Å². The average molecular weight is 155 g/mol. The number of likely N-dealkylation sites (N-methyl/N-ethyl adjacent to an activating group) is 1. The molecule has 2 fully saturated rings. The highest BCUT2D eigenvalue weighted by Crippen LogP contribution is 2.32. The SMILES string of the molecule is CN1CCOC(C2CCC2)C1. The molecule has 0 radical (unpaired) electrons. The van der Waals surface area contributed by atoms with Crippen LogP contribution in [0.3, 0.4) is 0 Å². The van der Waals surface area contributed by atoms with Crippen molar-refractivity contribution >= 4 is 0 Å². The molecule has 2 nitrogen and oxygen atoms in total. The second kappa shape index (κ2) is 3.11. The standard InChI is InChI=1S/C9H17NO/c1-10-5-6-11-9(7-10)8-3-2-4-8/h8-9H,2-7H2,1H3. The van der Waals surface area contributed by atoms with Crippen molar-refractivity contribution in [2.24, 2.45) is 5.92 Å². The molecule has 0 N–H and O–H groups in total. The first-order valence-electron chi connectivity index (χ1n) is 4.66. The monoisotopic (exact) mass is 155 g/mol. The summed E-state index contributed by atoms with van der Waals surface area (Å²) < 4.78 is 5.71. The molecule has 0 aromatic rings. The first-order valence-corrected chi connectivity index (χ1v) is 4.66. The molecule has 2 rings (SSSR count). The van der Waals surface area contributed by atoms with E-state index in [-0.39, 0.29) is 0 Å². The molecule has 1 heterocycles. The maximum atomic E-state index is 5.71. The van der Waals surface area contributed by atoms with Gasteiger partial charge in [-0.3, -0.25) is 0 Å². The molecule has 1 atom stereocenters. The lowest BCUT2D eigenvalue weighted by molar-refractivity contribution is -0.0678. The number of nitrogens with zero attached hydrogens (tertiary/aromatic N) is 1. The first kappa shape index (κ1) is 7.56. The Morgan fingerprint density at radius 1 is 1.36 bits per heavy atom. The van der Waals surface area contributed by atoms with Crippen molar-refractivity contribution in [2.45, 2.75) is 25.4 Å². The first-order chi connectivity index (χ1) is 5.36. The van der Waals surface area contributed by atoms with Crippen LogP contribution in [0.15, 0.2) is 0 Å². The highest BCUT2D eigenvalue weighted by atomic mass is 16.5. The third-order valence-corrected chi connectivity index (χ3v) is 2.97. The summed E-state index contributed by atoms with van der Waals surface area (Å²) in [6, 6.07) is 0. The van der Waals surface area contributed by atoms with Crippen molar-refractivity contribution in [1.82, 2.24) is 4.90 Å². The molecule has 1 saturated heterocycles. The molecule has 2 aliphatic rings. The van der Waals surface area contributed by atoms with Gasteiger partial charge in [0.05, 0.1) is 12.7 Å². The number of ether oxygens (including phenoxy) is 1. The Hall–Kier alpha value is -0.0800. The molecular weight excluding hydrogens is 138 g/mol. The third kappa shape index (κ3) is 1.57. The van der Waals surface area contributed by atoms with Crippen LogP contribution >= 0.6 is 0 Å². The zero-order chi connectivity index (χ0) is 7.68. The number of morpholine rings is 1. The highest BCUT2D eigenvalue weighted by Gasteiger charge is 2.30. The Balaban J connectivity index is 1.82. The topological polar surface area (TPSA) is 12.5 Å². The molecule has 0 bridgehead atoms. The lowest BCUT2D eigenvalue weighted by Crippen LogP contribution is -2.45. The van der Waals surface area contributed by atoms with Gasteiger partial charge in [-0.1, -0.05) is 6.42 Å². The summed E-state index contributed by atoms with van der Waals surface area (Å²) in [6.45, 7) is 3.21. The summed E-state index contributed by atoms with van der Waals surface area (Å²) in [5.41, 5.74) is 0. The van der Waals surface area contributed by atoms with Gasteiger partial charge in [0.2, 0.25) is 0 Å². The van der Waals surface area contributed by atoms with E-state index in [2.05, 4.69) is 11.9 Å². The normalized spacial score (nSPS) is 35.2. The molecule has 0 aromatic heterocycles. The van der Waals surface area contributed by atoms with E-state index >= 15 is 0 Å². The van der Waals surface area contributed by atoms with Crippen LogP contribution in [0.25, 0.3) is 0 Å². The third-order valence-electron chi connectivity index (χ3n) is 2.97. The molecule has 1 aliphatic heterocycles. The van der Waals surface area contributed by atoms with Crippen LogP contribution in [0.1, 0.15) is 19.3 Å².